The minimum Gasteiger partial charge on any atom is -0.253 e. The van der Waals surface area contributed by atoms with Gasteiger partial charge in [0, 0.05) is 24.2 Å². The van der Waals surface area contributed by atoms with Crippen molar-refractivity contribution in [3.05, 3.63) is 41.9 Å². The fourth-order valence-electron chi connectivity index (χ4n) is 1.26. The van der Waals surface area contributed by atoms with Crippen molar-refractivity contribution in [2.45, 2.75) is 13.8 Å². The molecule has 0 atom stereocenters. The maximum Gasteiger partial charge on any atom is 0.149 e. The van der Waals surface area contributed by atoms with Gasteiger partial charge in [-0.25, -0.2) is 14.4 Å². The molecule has 0 aromatic carbocycles. The monoisotopic (exact) mass is 203 g/mol. The Morgan fingerprint density at radius 2 is 1.67 bits per heavy atom. The lowest BCUT2D eigenvalue weighted by Gasteiger charge is -2.02. The summed E-state index contributed by atoms with van der Waals surface area (Å²) >= 11 is 0. The van der Waals surface area contributed by atoms with Crippen LogP contribution in [0.4, 0.5) is 4.39 Å². The van der Waals surface area contributed by atoms with E-state index in [2.05, 4.69) is 15.0 Å². The molecule has 0 aliphatic rings. The lowest BCUT2D eigenvalue weighted by Crippen LogP contribution is -1.93. The Morgan fingerprint density at radius 3 is 2.27 bits per heavy atom. The van der Waals surface area contributed by atoms with Crippen LogP contribution in [0.2, 0.25) is 0 Å². The van der Waals surface area contributed by atoms with Gasteiger partial charge in [-0.05, 0) is 25.5 Å². The molecule has 76 valence electrons. The maximum atomic E-state index is 13.5. The molecule has 0 fully saturated rings. The minimum atomic E-state index is -0.345. The fraction of sp³-hybridized carbons (Fsp3) is 0.182. The third kappa shape index (κ3) is 1.98. The molecule has 3 nitrogen and oxygen atoms in total. The molecule has 0 amide bonds. The van der Waals surface area contributed by atoms with E-state index in [-0.39, 0.29) is 5.82 Å². The molecule has 2 rings (SSSR count). The Kier molecular flexibility index (Phi) is 2.41. The molecule has 0 aliphatic heterocycles. The van der Waals surface area contributed by atoms with E-state index in [1.807, 2.05) is 0 Å². The highest BCUT2D eigenvalue weighted by Crippen LogP contribution is 2.18. The largest absolute Gasteiger partial charge is 0.253 e. The minimum absolute atomic E-state index is 0.292. The van der Waals surface area contributed by atoms with E-state index >= 15 is 0 Å². The second-order valence-electron chi connectivity index (χ2n) is 3.36. The molecule has 2 aromatic heterocycles. The Balaban J connectivity index is 2.49. The molecule has 0 bridgehead atoms. The summed E-state index contributed by atoms with van der Waals surface area (Å²) in [6, 6.07) is 1.45. The van der Waals surface area contributed by atoms with Gasteiger partial charge >= 0.3 is 0 Å². The first kappa shape index (κ1) is 9.71. The molecule has 4 heteroatoms. The van der Waals surface area contributed by atoms with Gasteiger partial charge in [0.15, 0.2) is 0 Å². The molecule has 0 radical (unpaired) electrons. The van der Waals surface area contributed by atoms with Crippen molar-refractivity contribution >= 4 is 0 Å². The molecular weight excluding hydrogens is 193 g/mol. The molecule has 0 N–H and O–H groups in total. The first-order valence-corrected chi connectivity index (χ1v) is 4.58. The lowest BCUT2D eigenvalue weighted by atomic mass is 10.2. The van der Waals surface area contributed by atoms with E-state index in [1.165, 1.54) is 6.07 Å². The average Bonchev–Trinajstić information content (AvgIpc) is 2.20. The fourth-order valence-corrected chi connectivity index (χ4v) is 1.26. The summed E-state index contributed by atoms with van der Waals surface area (Å²) in [4.78, 5) is 12.0. The van der Waals surface area contributed by atoms with E-state index in [0.717, 1.165) is 5.56 Å². The van der Waals surface area contributed by atoms with Crippen LogP contribution in [0.1, 0.15) is 11.4 Å². The van der Waals surface area contributed by atoms with Crippen LogP contribution in [-0.4, -0.2) is 15.0 Å². The topological polar surface area (TPSA) is 38.7 Å². The number of hydrogen-bond acceptors (Lipinski definition) is 3. The van der Waals surface area contributed by atoms with Crippen molar-refractivity contribution in [3.8, 4) is 11.3 Å². The summed E-state index contributed by atoms with van der Waals surface area (Å²) < 4.78 is 13.5. The van der Waals surface area contributed by atoms with Gasteiger partial charge in [0.25, 0.3) is 0 Å². The van der Waals surface area contributed by atoms with Crippen LogP contribution in [0.5, 0.6) is 0 Å². The van der Waals surface area contributed by atoms with Crippen LogP contribution in [0.3, 0.4) is 0 Å². The predicted molar refractivity (Wildman–Crippen MR) is 54.7 cm³/mol. The SMILES string of the molecule is Cc1cnc(-c2cnc(C)nc2)c(F)c1. The highest BCUT2D eigenvalue weighted by atomic mass is 19.1. The third-order valence-electron chi connectivity index (χ3n) is 2.03. The van der Waals surface area contributed by atoms with E-state index < -0.39 is 0 Å². The summed E-state index contributed by atoms with van der Waals surface area (Å²) in [6.45, 7) is 3.58. The Morgan fingerprint density at radius 1 is 1.00 bits per heavy atom. The number of aryl methyl sites for hydroxylation is 2. The Labute approximate surface area is 87.0 Å². The highest BCUT2D eigenvalue weighted by molar-refractivity contribution is 5.57. The van der Waals surface area contributed by atoms with Gasteiger partial charge in [-0.3, -0.25) is 4.98 Å². The number of halogens is 1. The molecule has 0 aliphatic carbocycles. The van der Waals surface area contributed by atoms with E-state index in [0.29, 0.717) is 17.1 Å². The number of rotatable bonds is 1. The number of aromatic nitrogens is 3. The van der Waals surface area contributed by atoms with Crippen LogP contribution in [0, 0.1) is 19.7 Å². The summed E-state index contributed by atoms with van der Waals surface area (Å²) in [5, 5.41) is 0. The number of pyridine rings is 1. The van der Waals surface area contributed by atoms with Crippen molar-refractivity contribution in [2.75, 3.05) is 0 Å². The van der Waals surface area contributed by atoms with Crippen molar-refractivity contribution in [1.29, 1.82) is 0 Å². The van der Waals surface area contributed by atoms with E-state index in [1.54, 1.807) is 32.4 Å². The summed E-state index contributed by atoms with van der Waals surface area (Å²) in [7, 11) is 0. The van der Waals surface area contributed by atoms with Gasteiger partial charge in [0.05, 0.1) is 0 Å². The lowest BCUT2D eigenvalue weighted by molar-refractivity contribution is 0.624. The van der Waals surface area contributed by atoms with Crippen molar-refractivity contribution in [3.63, 3.8) is 0 Å². The zero-order valence-electron chi connectivity index (χ0n) is 8.53. The van der Waals surface area contributed by atoms with Crippen LogP contribution in [0.15, 0.2) is 24.7 Å². The number of nitrogens with zero attached hydrogens (tertiary/aromatic N) is 3. The van der Waals surface area contributed by atoms with Gasteiger partial charge in [0.1, 0.15) is 17.3 Å². The molecule has 0 spiro atoms. The van der Waals surface area contributed by atoms with Crippen LogP contribution in [0.25, 0.3) is 11.3 Å². The molecule has 2 heterocycles. The van der Waals surface area contributed by atoms with Gasteiger partial charge in [-0.2, -0.15) is 0 Å². The molecular formula is C11H10FN3. The second kappa shape index (κ2) is 3.73. The predicted octanol–water partition coefficient (Wildman–Crippen LogP) is 2.29. The van der Waals surface area contributed by atoms with Gasteiger partial charge in [-0.15, -0.1) is 0 Å². The first-order chi connectivity index (χ1) is 7.16. The quantitative estimate of drug-likeness (QED) is 0.713. The Bertz CT molecular complexity index is 480. The average molecular weight is 203 g/mol. The summed E-state index contributed by atoms with van der Waals surface area (Å²) in [6.07, 6.45) is 4.77. The molecule has 0 saturated heterocycles. The van der Waals surface area contributed by atoms with Gasteiger partial charge in [0.2, 0.25) is 0 Å². The van der Waals surface area contributed by atoms with E-state index in [4.69, 9.17) is 0 Å². The van der Waals surface area contributed by atoms with Crippen LogP contribution in [-0.2, 0) is 0 Å². The van der Waals surface area contributed by atoms with Crippen LogP contribution < -0.4 is 0 Å². The molecule has 2 aromatic rings. The van der Waals surface area contributed by atoms with E-state index in [9.17, 15) is 4.39 Å². The van der Waals surface area contributed by atoms with Gasteiger partial charge in [-0.1, -0.05) is 0 Å². The van der Waals surface area contributed by atoms with Crippen molar-refractivity contribution < 1.29 is 4.39 Å². The van der Waals surface area contributed by atoms with Gasteiger partial charge < -0.3 is 0 Å². The molecule has 0 saturated carbocycles. The zero-order valence-corrected chi connectivity index (χ0v) is 8.53. The Hall–Kier alpha value is -1.84. The zero-order chi connectivity index (χ0) is 10.8. The number of hydrogen-bond donors (Lipinski definition) is 0. The van der Waals surface area contributed by atoms with Crippen LogP contribution >= 0.6 is 0 Å². The smallest absolute Gasteiger partial charge is 0.149 e. The van der Waals surface area contributed by atoms with Crippen molar-refractivity contribution in [1.82, 2.24) is 15.0 Å². The molecule has 15 heavy (non-hydrogen) atoms. The third-order valence-corrected chi connectivity index (χ3v) is 2.03. The standard InChI is InChI=1S/C11H10FN3/c1-7-3-10(12)11(15-4-7)9-5-13-8(2)14-6-9/h3-6H,1-2H3. The first-order valence-electron chi connectivity index (χ1n) is 4.58. The highest BCUT2D eigenvalue weighted by Gasteiger charge is 2.07. The maximum absolute atomic E-state index is 13.5. The second-order valence-corrected chi connectivity index (χ2v) is 3.36. The summed E-state index contributed by atoms with van der Waals surface area (Å²) in [5.74, 6) is 0.314. The van der Waals surface area contributed by atoms with Crippen molar-refractivity contribution in [2.24, 2.45) is 0 Å². The molecule has 0 unspecified atom stereocenters. The summed E-state index contributed by atoms with van der Waals surface area (Å²) in [5.41, 5.74) is 1.68. The normalized spacial score (nSPS) is 10.3.